The average molecular weight is 372 g/mol. The molecule has 2 aliphatic rings. The van der Waals surface area contributed by atoms with Crippen LogP contribution < -0.4 is 5.32 Å². The van der Waals surface area contributed by atoms with Crippen molar-refractivity contribution in [3.05, 3.63) is 29.8 Å². The second-order valence-corrected chi connectivity index (χ2v) is 7.79. The lowest BCUT2D eigenvalue weighted by molar-refractivity contribution is -0.136. The zero-order valence-corrected chi connectivity index (χ0v) is 16.1. The van der Waals surface area contributed by atoms with Crippen LogP contribution in [0.2, 0.25) is 0 Å². The minimum Gasteiger partial charge on any atom is -0.361 e. The number of carbonyl (C=O) groups is 1. The van der Waals surface area contributed by atoms with Crippen molar-refractivity contribution in [2.24, 2.45) is 7.05 Å². The monoisotopic (exact) mass is 372 g/mol. The van der Waals surface area contributed by atoms with E-state index in [1.165, 1.54) is 0 Å². The van der Waals surface area contributed by atoms with E-state index in [4.69, 9.17) is 4.52 Å². The van der Waals surface area contributed by atoms with Crippen LogP contribution in [0, 0.1) is 6.92 Å². The van der Waals surface area contributed by atoms with Gasteiger partial charge in [-0.25, -0.2) is 0 Å². The molecule has 0 aliphatic carbocycles. The molecule has 0 radical (unpaired) electrons. The van der Waals surface area contributed by atoms with Gasteiger partial charge in [0.25, 0.3) is 0 Å². The van der Waals surface area contributed by atoms with E-state index in [1.54, 1.807) is 4.68 Å². The van der Waals surface area contributed by atoms with Crippen molar-refractivity contribution in [1.29, 1.82) is 0 Å². The highest BCUT2D eigenvalue weighted by Gasteiger charge is 2.44. The summed E-state index contributed by atoms with van der Waals surface area (Å²) in [6.07, 6.45) is 5.62. The van der Waals surface area contributed by atoms with Crippen molar-refractivity contribution >= 4 is 11.7 Å². The molecule has 146 valence electrons. The number of aromatic nitrogens is 3. The summed E-state index contributed by atoms with van der Waals surface area (Å²) in [5.74, 6) is 1.82. The summed E-state index contributed by atoms with van der Waals surface area (Å²) in [5.41, 5.74) is 0.373. The molecule has 1 amide bonds. The molecule has 2 saturated heterocycles. The Morgan fingerprint density at radius 1 is 1.26 bits per heavy atom. The highest BCUT2D eigenvalue weighted by molar-refractivity contribution is 5.89. The Balaban J connectivity index is 1.48. The molecule has 0 spiro atoms. The van der Waals surface area contributed by atoms with Crippen LogP contribution in [0.1, 0.15) is 37.1 Å². The van der Waals surface area contributed by atoms with Gasteiger partial charge in [0, 0.05) is 58.1 Å². The van der Waals surface area contributed by atoms with Gasteiger partial charge in [0.05, 0.1) is 5.69 Å². The van der Waals surface area contributed by atoms with Crippen molar-refractivity contribution in [1.82, 2.24) is 24.7 Å². The molecule has 0 saturated carbocycles. The normalized spacial score (nSPS) is 20.1. The zero-order chi connectivity index (χ0) is 18.9. The molecule has 1 N–H and O–H groups in total. The molecule has 0 unspecified atom stereocenters. The van der Waals surface area contributed by atoms with Crippen LogP contribution in [-0.2, 0) is 18.4 Å². The second kappa shape index (κ2) is 7.34. The Hall–Kier alpha value is -2.35. The molecule has 4 heterocycles. The molecular weight excluding hydrogens is 344 g/mol. The molecule has 0 aromatic carbocycles. The smallest absolute Gasteiger partial charge is 0.248 e. The average Bonchev–Trinajstić information content (AvgIpc) is 3.40. The number of nitrogens with one attached hydrogen (secondary N) is 1. The number of aryl methyl sites for hydroxylation is 2. The van der Waals surface area contributed by atoms with E-state index in [1.807, 2.05) is 37.2 Å². The quantitative estimate of drug-likeness (QED) is 0.862. The van der Waals surface area contributed by atoms with Crippen LogP contribution in [-0.4, -0.2) is 62.4 Å². The molecule has 8 heteroatoms. The Morgan fingerprint density at radius 3 is 2.59 bits per heavy atom. The van der Waals surface area contributed by atoms with Gasteiger partial charge in [-0.2, -0.15) is 5.10 Å². The minimum absolute atomic E-state index is 0.225. The van der Waals surface area contributed by atoms with E-state index >= 15 is 0 Å². The van der Waals surface area contributed by atoms with Gasteiger partial charge in [0.1, 0.15) is 17.1 Å². The molecule has 0 atom stereocenters. The summed E-state index contributed by atoms with van der Waals surface area (Å²) in [4.78, 5) is 17.7. The van der Waals surface area contributed by atoms with Crippen LogP contribution >= 0.6 is 0 Å². The van der Waals surface area contributed by atoms with Crippen LogP contribution in [0.5, 0.6) is 0 Å². The number of hydrogen-bond acceptors (Lipinski definition) is 6. The van der Waals surface area contributed by atoms with Gasteiger partial charge >= 0.3 is 0 Å². The third kappa shape index (κ3) is 3.85. The number of hydrogen-bond donors (Lipinski definition) is 1. The molecular formula is C19H28N6O2. The molecule has 0 bridgehead atoms. The fourth-order valence-corrected chi connectivity index (χ4v) is 4.16. The van der Waals surface area contributed by atoms with Crippen molar-refractivity contribution < 1.29 is 9.32 Å². The van der Waals surface area contributed by atoms with E-state index in [0.717, 1.165) is 75.7 Å². The Morgan fingerprint density at radius 2 is 2.00 bits per heavy atom. The van der Waals surface area contributed by atoms with Gasteiger partial charge in [-0.15, -0.1) is 0 Å². The first-order valence-electron chi connectivity index (χ1n) is 9.76. The predicted molar refractivity (Wildman–Crippen MR) is 101 cm³/mol. The standard InChI is InChI=1S/C19H28N6O2/c1-15-13-16(22-27-15)14-24-11-6-19(7-12-24,18(26)25-8-3-4-9-25)20-17-5-10-23(2)21-17/h5,10,13H,3-4,6-9,11-12,14H2,1-2H3,(H,20,21). The molecule has 27 heavy (non-hydrogen) atoms. The summed E-state index contributed by atoms with van der Waals surface area (Å²) in [6.45, 7) is 6.08. The number of amides is 1. The van der Waals surface area contributed by atoms with Crippen LogP contribution in [0.15, 0.2) is 22.9 Å². The fourth-order valence-electron chi connectivity index (χ4n) is 4.16. The van der Waals surface area contributed by atoms with Crippen molar-refractivity contribution in [2.45, 2.75) is 44.7 Å². The third-order valence-electron chi connectivity index (χ3n) is 5.66. The Kier molecular flexibility index (Phi) is 4.90. The van der Waals surface area contributed by atoms with E-state index in [0.29, 0.717) is 0 Å². The first-order valence-corrected chi connectivity index (χ1v) is 9.76. The summed E-state index contributed by atoms with van der Waals surface area (Å²) >= 11 is 0. The van der Waals surface area contributed by atoms with Gasteiger partial charge < -0.3 is 14.7 Å². The largest absolute Gasteiger partial charge is 0.361 e. The van der Waals surface area contributed by atoms with Gasteiger partial charge in [0.2, 0.25) is 5.91 Å². The van der Waals surface area contributed by atoms with Crippen molar-refractivity contribution in [3.8, 4) is 0 Å². The lowest BCUT2D eigenvalue weighted by Gasteiger charge is -2.42. The second-order valence-electron chi connectivity index (χ2n) is 7.79. The lowest BCUT2D eigenvalue weighted by atomic mass is 9.85. The first kappa shape index (κ1) is 18.0. The highest BCUT2D eigenvalue weighted by atomic mass is 16.5. The highest BCUT2D eigenvalue weighted by Crippen LogP contribution is 2.30. The third-order valence-corrected chi connectivity index (χ3v) is 5.66. The molecule has 2 aromatic heterocycles. The van der Waals surface area contributed by atoms with E-state index in [-0.39, 0.29) is 5.91 Å². The summed E-state index contributed by atoms with van der Waals surface area (Å²) in [6, 6.07) is 3.91. The Bertz CT molecular complexity index is 784. The Labute approximate surface area is 159 Å². The van der Waals surface area contributed by atoms with E-state index in [2.05, 4.69) is 20.5 Å². The van der Waals surface area contributed by atoms with Crippen molar-refractivity contribution in [2.75, 3.05) is 31.5 Å². The number of piperidine rings is 1. The van der Waals surface area contributed by atoms with Crippen LogP contribution in [0.25, 0.3) is 0 Å². The lowest BCUT2D eigenvalue weighted by Crippen LogP contribution is -2.58. The number of nitrogens with zero attached hydrogens (tertiary/aromatic N) is 5. The molecule has 2 aromatic rings. The van der Waals surface area contributed by atoms with Crippen LogP contribution in [0.4, 0.5) is 5.82 Å². The molecule has 2 aliphatic heterocycles. The predicted octanol–water partition coefficient (Wildman–Crippen LogP) is 1.79. The van der Waals surface area contributed by atoms with Crippen LogP contribution in [0.3, 0.4) is 0 Å². The summed E-state index contributed by atoms with van der Waals surface area (Å²) in [7, 11) is 1.89. The topological polar surface area (TPSA) is 79.4 Å². The summed E-state index contributed by atoms with van der Waals surface area (Å²) < 4.78 is 6.94. The number of rotatable bonds is 5. The van der Waals surface area contributed by atoms with Gasteiger partial charge in [-0.05, 0) is 32.6 Å². The van der Waals surface area contributed by atoms with Gasteiger partial charge in [-0.3, -0.25) is 14.4 Å². The summed E-state index contributed by atoms with van der Waals surface area (Å²) in [5, 5.41) is 12.0. The minimum atomic E-state index is -0.574. The van der Waals surface area contributed by atoms with Gasteiger partial charge in [-0.1, -0.05) is 5.16 Å². The maximum Gasteiger partial charge on any atom is 0.248 e. The number of carbonyl (C=O) groups excluding carboxylic acids is 1. The zero-order valence-electron chi connectivity index (χ0n) is 16.1. The number of likely N-dealkylation sites (tertiary alicyclic amines) is 2. The first-order chi connectivity index (χ1) is 13.0. The SMILES string of the molecule is Cc1cc(CN2CCC(Nc3ccn(C)n3)(C(=O)N3CCCC3)CC2)no1. The molecule has 8 nitrogen and oxygen atoms in total. The maximum atomic E-state index is 13.4. The number of anilines is 1. The van der Waals surface area contributed by atoms with Gasteiger partial charge in [0.15, 0.2) is 0 Å². The van der Waals surface area contributed by atoms with E-state index in [9.17, 15) is 4.79 Å². The van der Waals surface area contributed by atoms with Crippen molar-refractivity contribution in [3.63, 3.8) is 0 Å². The molecule has 2 fully saturated rings. The fraction of sp³-hybridized carbons (Fsp3) is 0.632. The maximum absolute atomic E-state index is 13.4. The van der Waals surface area contributed by atoms with E-state index < -0.39 is 5.54 Å². The molecule has 4 rings (SSSR count).